The van der Waals surface area contributed by atoms with Gasteiger partial charge in [0, 0.05) is 35.3 Å². The van der Waals surface area contributed by atoms with Gasteiger partial charge in [-0.1, -0.05) is 17.3 Å². The van der Waals surface area contributed by atoms with Crippen molar-refractivity contribution < 1.29 is 17.7 Å². The van der Waals surface area contributed by atoms with Crippen molar-refractivity contribution in [1.82, 2.24) is 14.8 Å². The molecule has 0 aliphatic carbocycles. The number of hydrogen-bond acceptors (Lipinski definition) is 6. The SMILES string of the molecule is Cc1noc(C)c1CSc1ccccc1C(=O)N[C@@H]1CCCN(S(C)(=O)=O)C1. The highest BCUT2D eigenvalue weighted by Gasteiger charge is 2.27. The van der Waals surface area contributed by atoms with Crippen molar-refractivity contribution in [3.05, 3.63) is 46.8 Å². The molecule has 1 aromatic carbocycles. The fraction of sp³-hybridized carbons (Fsp3) is 0.474. The molecular formula is C19H25N3O4S2. The average Bonchev–Trinajstić information content (AvgIpc) is 2.97. The van der Waals surface area contributed by atoms with E-state index in [-0.39, 0.29) is 11.9 Å². The third-order valence-corrected chi connectivity index (χ3v) is 7.24. The van der Waals surface area contributed by atoms with E-state index in [1.54, 1.807) is 17.8 Å². The van der Waals surface area contributed by atoms with Gasteiger partial charge in [-0.25, -0.2) is 12.7 Å². The van der Waals surface area contributed by atoms with E-state index in [0.29, 0.717) is 24.4 Å². The molecule has 2 heterocycles. The minimum atomic E-state index is -3.25. The molecule has 9 heteroatoms. The van der Waals surface area contributed by atoms with E-state index in [0.717, 1.165) is 34.8 Å². The van der Waals surface area contributed by atoms with E-state index < -0.39 is 10.0 Å². The highest BCUT2D eigenvalue weighted by Crippen LogP contribution is 2.29. The predicted molar refractivity (Wildman–Crippen MR) is 109 cm³/mol. The molecule has 0 radical (unpaired) electrons. The molecule has 1 aliphatic rings. The summed E-state index contributed by atoms with van der Waals surface area (Å²) in [5, 5.41) is 6.97. The Balaban J connectivity index is 1.69. The third kappa shape index (κ3) is 4.95. The summed E-state index contributed by atoms with van der Waals surface area (Å²) < 4.78 is 30.2. The van der Waals surface area contributed by atoms with E-state index in [9.17, 15) is 13.2 Å². The number of hydrogen-bond donors (Lipinski definition) is 1. The van der Waals surface area contributed by atoms with Crippen LogP contribution in [0, 0.1) is 13.8 Å². The molecule has 152 valence electrons. The fourth-order valence-electron chi connectivity index (χ4n) is 3.26. The second kappa shape index (κ2) is 8.67. The van der Waals surface area contributed by atoms with Gasteiger partial charge in [0.2, 0.25) is 10.0 Å². The monoisotopic (exact) mass is 423 g/mol. The van der Waals surface area contributed by atoms with Crippen molar-refractivity contribution in [2.24, 2.45) is 0 Å². The Hall–Kier alpha value is -1.84. The van der Waals surface area contributed by atoms with Crippen molar-refractivity contribution in [2.45, 2.75) is 43.4 Å². The maximum absolute atomic E-state index is 12.9. The summed E-state index contributed by atoms with van der Waals surface area (Å²) in [6.07, 6.45) is 2.71. The normalized spacial score (nSPS) is 18.2. The van der Waals surface area contributed by atoms with Crippen molar-refractivity contribution in [2.75, 3.05) is 19.3 Å². The highest BCUT2D eigenvalue weighted by atomic mass is 32.2. The van der Waals surface area contributed by atoms with Gasteiger partial charge < -0.3 is 9.84 Å². The zero-order valence-corrected chi connectivity index (χ0v) is 17.9. The summed E-state index contributed by atoms with van der Waals surface area (Å²) in [4.78, 5) is 13.7. The van der Waals surface area contributed by atoms with Crippen LogP contribution in [0.15, 0.2) is 33.7 Å². The Labute approximate surface area is 169 Å². The molecule has 0 saturated carbocycles. The maximum atomic E-state index is 12.9. The quantitative estimate of drug-likeness (QED) is 0.718. The van der Waals surface area contributed by atoms with Crippen LogP contribution in [-0.2, 0) is 15.8 Å². The van der Waals surface area contributed by atoms with Crippen molar-refractivity contribution in [3.63, 3.8) is 0 Å². The van der Waals surface area contributed by atoms with Crippen LogP contribution < -0.4 is 5.32 Å². The molecule has 7 nitrogen and oxygen atoms in total. The van der Waals surface area contributed by atoms with Gasteiger partial charge in [-0.2, -0.15) is 0 Å². The van der Waals surface area contributed by atoms with Gasteiger partial charge in [-0.05, 0) is 38.8 Å². The van der Waals surface area contributed by atoms with Crippen LogP contribution in [0.1, 0.15) is 40.2 Å². The number of sulfonamides is 1. The summed E-state index contributed by atoms with van der Waals surface area (Å²) in [6.45, 7) is 4.61. The number of aromatic nitrogens is 1. The lowest BCUT2D eigenvalue weighted by Gasteiger charge is -2.31. The number of thioether (sulfide) groups is 1. The Morgan fingerprint density at radius 1 is 1.36 bits per heavy atom. The molecule has 1 aliphatic heterocycles. The molecule has 1 N–H and O–H groups in total. The smallest absolute Gasteiger partial charge is 0.252 e. The number of carbonyl (C=O) groups is 1. The molecule has 2 aromatic rings. The van der Waals surface area contributed by atoms with E-state index in [2.05, 4.69) is 10.5 Å². The second-order valence-corrected chi connectivity index (χ2v) is 10.0. The molecule has 1 atom stereocenters. The van der Waals surface area contributed by atoms with Crippen LogP contribution in [0.4, 0.5) is 0 Å². The van der Waals surface area contributed by atoms with Crippen molar-refractivity contribution in [3.8, 4) is 0 Å². The molecule has 0 unspecified atom stereocenters. The lowest BCUT2D eigenvalue weighted by atomic mass is 10.1. The zero-order chi connectivity index (χ0) is 20.3. The number of carbonyl (C=O) groups excluding carboxylic acids is 1. The summed E-state index contributed by atoms with van der Waals surface area (Å²) in [5.41, 5.74) is 2.49. The van der Waals surface area contributed by atoms with Crippen LogP contribution >= 0.6 is 11.8 Å². The molecule has 28 heavy (non-hydrogen) atoms. The first kappa shape index (κ1) is 20.9. The number of amides is 1. The average molecular weight is 424 g/mol. The summed E-state index contributed by atoms with van der Waals surface area (Å²) in [7, 11) is -3.25. The standard InChI is InChI=1S/C19H25N3O4S2/c1-13-17(14(2)26-21-13)12-27-18-9-5-4-8-16(18)19(23)20-15-7-6-10-22(11-15)28(3,24)25/h4-5,8-9,15H,6-7,10-12H2,1-3H3,(H,20,23)/t15-/m1/s1. The number of piperidine rings is 1. The minimum Gasteiger partial charge on any atom is -0.361 e. The maximum Gasteiger partial charge on any atom is 0.252 e. The molecule has 1 aromatic heterocycles. The van der Waals surface area contributed by atoms with E-state index in [1.165, 1.54) is 10.6 Å². The van der Waals surface area contributed by atoms with Gasteiger partial charge in [-0.15, -0.1) is 11.8 Å². The number of aryl methyl sites for hydroxylation is 2. The molecule has 3 rings (SSSR count). The van der Waals surface area contributed by atoms with Gasteiger partial charge in [0.1, 0.15) is 5.76 Å². The zero-order valence-electron chi connectivity index (χ0n) is 16.3. The second-order valence-electron chi connectivity index (χ2n) is 7.02. The van der Waals surface area contributed by atoms with Gasteiger partial charge in [0.15, 0.2) is 0 Å². The number of benzene rings is 1. The van der Waals surface area contributed by atoms with Gasteiger partial charge >= 0.3 is 0 Å². The van der Waals surface area contributed by atoms with Crippen LogP contribution in [0.25, 0.3) is 0 Å². The van der Waals surface area contributed by atoms with Gasteiger partial charge in [0.25, 0.3) is 5.91 Å². The number of rotatable bonds is 6. The lowest BCUT2D eigenvalue weighted by Crippen LogP contribution is -2.49. The molecule has 0 spiro atoms. The largest absolute Gasteiger partial charge is 0.361 e. The molecule has 1 amide bonds. The highest BCUT2D eigenvalue weighted by molar-refractivity contribution is 7.98. The molecule has 1 fully saturated rings. The lowest BCUT2D eigenvalue weighted by molar-refractivity contribution is 0.0918. The third-order valence-electron chi connectivity index (χ3n) is 4.87. The topological polar surface area (TPSA) is 92.5 Å². The van der Waals surface area contributed by atoms with E-state index in [4.69, 9.17) is 4.52 Å². The Bertz CT molecular complexity index is 936. The van der Waals surface area contributed by atoms with Crippen molar-refractivity contribution in [1.29, 1.82) is 0 Å². The molecule has 0 bridgehead atoms. The first-order valence-corrected chi connectivity index (χ1v) is 12.0. The molecule has 1 saturated heterocycles. The first-order valence-electron chi connectivity index (χ1n) is 9.15. The first-order chi connectivity index (χ1) is 13.3. The van der Waals surface area contributed by atoms with E-state index >= 15 is 0 Å². The minimum absolute atomic E-state index is 0.179. The Morgan fingerprint density at radius 2 is 2.11 bits per heavy atom. The summed E-state index contributed by atoms with van der Waals surface area (Å²) in [5.74, 6) is 1.27. The summed E-state index contributed by atoms with van der Waals surface area (Å²) >= 11 is 1.56. The van der Waals surface area contributed by atoms with E-state index in [1.807, 2.05) is 32.0 Å². The van der Waals surface area contributed by atoms with Crippen LogP contribution in [0.5, 0.6) is 0 Å². The van der Waals surface area contributed by atoms with Crippen LogP contribution in [0.2, 0.25) is 0 Å². The van der Waals surface area contributed by atoms with Gasteiger partial charge in [-0.3, -0.25) is 4.79 Å². The number of nitrogens with zero attached hydrogens (tertiary/aromatic N) is 2. The van der Waals surface area contributed by atoms with Crippen LogP contribution in [0.3, 0.4) is 0 Å². The Kier molecular flexibility index (Phi) is 6.47. The van der Waals surface area contributed by atoms with Gasteiger partial charge in [0.05, 0.1) is 17.5 Å². The fourth-order valence-corrected chi connectivity index (χ4v) is 5.38. The van der Waals surface area contributed by atoms with Crippen LogP contribution in [-0.4, -0.2) is 49.2 Å². The summed E-state index contributed by atoms with van der Waals surface area (Å²) in [6, 6.07) is 7.26. The Morgan fingerprint density at radius 3 is 2.79 bits per heavy atom. The number of nitrogens with one attached hydrogen (secondary N) is 1. The molecular weight excluding hydrogens is 398 g/mol. The predicted octanol–water partition coefficient (Wildman–Crippen LogP) is 2.74. The van der Waals surface area contributed by atoms with Crippen molar-refractivity contribution >= 4 is 27.7 Å².